The van der Waals surface area contributed by atoms with E-state index in [0.717, 1.165) is 16.3 Å². The molecule has 1 aliphatic rings. The van der Waals surface area contributed by atoms with Crippen LogP contribution >= 0.6 is 11.3 Å². The number of hydrogen-bond donors (Lipinski definition) is 0. The Hall–Kier alpha value is -4.63. The van der Waals surface area contributed by atoms with Crippen LogP contribution in [0, 0.1) is 0 Å². The van der Waals surface area contributed by atoms with Gasteiger partial charge in [0.15, 0.2) is 16.3 Å². The Kier molecular flexibility index (Phi) is 8.07. The van der Waals surface area contributed by atoms with E-state index < -0.39 is 12.0 Å². The number of benzene rings is 3. The van der Waals surface area contributed by atoms with Crippen molar-refractivity contribution in [2.24, 2.45) is 4.99 Å². The summed E-state index contributed by atoms with van der Waals surface area (Å²) in [5.74, 6) is 1.14. The topological polar surface area (TPSA) is 88.4 Å². The molecule has 0 unspecified atom stereocenters. The molecule has 0 radical (unpaired) electrons. The summed E-state index contributed by atoms with van der Waals surface area (Å²) in [4.78, 5) is 32.7. The number of rotatable bonds is 9. The lowest BCUT2D eigenvalue weighted by Gasteiger charge is -2.27. The summed E-state index contributed by atoms with van der Waals surface area (Å²) in [6.45, 7) is 7.72. The van der Waals surface area contributed by atoms with Crippen molar-refractivity contribution in [3.63, 3.8) is 0 Å². The van der Waals surface area contributed by atoms with Gasteiger partial charge < -0.3 is 18.9 Å². The van der Waals surface area contributed by atoms with Crippen molar-refractivity contribution in [2.75, 3.05) is 27.4 Å². The number of aromatic nitrogens is 1. The van der Waals surface area contributed by atoms with Gasteiger partial charge in [-0.25, -0.2) is 9.79 Å². The second kappa shape index (κ2) is 11.9. The van der Waals surface area contributed by atoms with Crippen molar-refractivity contribution in [2.45, 2.75) is 19.9 Å². The molecule has 0 N–H and O–H groups in total. The molecule has 2 heterocycles. The zero-order valence-corrected chi connectivity index (χ0v) is 24.1. The standard InChI is InChI=1S/C32H30N2O6S/c1-6-16-40-23-14-12-20(17-25(23)38-5)18-26-30(35)34-29(27(31(36)39-7-2)19(3)33-32(34)41-26)28-22-11-9-8-10-21(22)13-15-24(28)37-4/h6,8-15,17-18,29H,1,7,16H2,2-5H3/b26-18-/t29-/m1/s1. The maximum atomic E-state index is 14.1. The molecule has 9 heteroatoms. The van der Waals surface area contributed by atoms with Crippen molar-refractivity contribution in [1.82, 2.24) is 4.57 Å². The predicted octanol–water partition coefficient (Wildman–Crippen LogP) is 4.53. The van der Waals surface area contributed by atoms with E-state index in [1.54, 1.807) is 56.9 Å². The van der Waals surface area contributed by atoms with Gasteiger partial charge in [-0.05, 0) is 54.5 Å². The van der Waals surface area contributed by atoms with E-state index in [9.17, 15) is 9.59 Å². The Morgan fingerprint density at radius 2 is 1.83 bits per heavy atom. The monoisotopic (exact) mass is 570 g/mol. The number of nitrogens with zero attached hydrogens (tertiary/aromatic N) is 2. The predicted molar refractivity (Wildman–Crippen MR) is 160 cm³/mol. The molecule has 8 nitrogen and oxygen atoms in total. The first-order chi connectivity index (χ1) is 19.9. The first-order valence-electron chi connectivity index (χ1n) is 13.1. The quantitative estimate of drug-likeness (QED) is 0.217. The summed E-state index contributed by atoms with van der Waals surface area (Å²) in [5.41, 5.74) is 1.95. The van der Waals surface area contributed by atoms with Crippen LogP contribution in [0.2, 0.25) is 0 Å². The molecule has 1 aliphatic heterocycles. The van der Waals surface area contributed by atoms with Gasteiger partial charge in [0.2, 0.25) is 0 Å². The molecule has 1 atom stereocenters. The van der Waals surface area contributed by atoms with Crippen molar-refractivity contribution in [3.05, 3.63) is 109 Å². The fourth-order valence-corrected chi connectivity index (χ4v) is 6.04. The Bertz CT molecular complexity index is 1870. The highest BCUT2D eigenvalue weighted by Gasteiger charge is 2.36. The number of esters is 1. The number of thiazole rings is 1. The summed E-state index contributed by atoms with van der Waals surface area (Å²) in [5, 5.41) is 1.82. The van der Waals surface area contributed by atoms with Crippen LogP contribution in [-0.2, 0) is 9.53 Å². The molecule has 5 rings (SSSR count). The van der Waals surface area contributed by atoms with E-state index in [1.807, 2.05) is 42.5 Å². The highest BCUT2D eigenvalue weighted by molar-refractivity contribution is 7.07. The molecule has 0 saturated heterocycles. The molecular formula is C32H30N2O6S. The number of methoxy groups -OCH3 is 2. The number of carbonyl (C=O) groups is 1. The number of carbonyl (C=O) groups excluding carboxylic acids is 1. The van der Waals surface area contributed by atoms with E-state index in [4.69, 9.17) is 23.9 Å². The Balaban J connectivity index is 1.76. The van der Waals surface area contributed by atoms with Gasteiger partial charge in [0.05, 0.1) is 36.6 Å². The molecule has 0 aliphatic carbocycles. The number of fused-ring (bicyclic) bond motifs is 2. The SMILES string of the molecule is C=CCOc1ccc(/C=c2\sc3n(c2=O)[C@@H](c2c(OC)ccc4ccccc24)C(C(=O)OCC)=C(C)N=3)cc1OC. The fourth-order valence-electron chi connectivity index (χ4n) is 4.99. The van der Waals surface area contributed by atoms with Crippen LogP contribution in [0.25, 0.3) is 16.8 Å². The lowest BCUT2D eigenvalue weighted by Crippen LogP contribution is -2.40. The van der Waals surface area contributed by atoms with E-state index in [2.05, 4.69) is 6.58 Å². The van der Waals surface area contributed by atoms with Gasteiger partial charge in [-0.15, -0.1) is 0 Å². The summed E-state index contributed by atoms with van der Waals surface area (Å²) >= 11 is 1.25. The van der Waals surface area contributed by atoms with Gasteiger partial charge in [-0.3, -0.25) is 9.36 Å². The van der Waals surface area contributed by atoms with Crippen LogP contribution in [-0.4, -0.2) is 38.0 Å². The average molecular weight is 571 g/mol. The normalized spacial score (nSPS) is 14.8. The second-order valence-corrected chi connectivity index (χ2v) is 10.2. The van der Waals surface area contributed by atoms with Crippen molar-refractivity contribution < 1.29 is 23.7 Å². The third-order valence-electron chi connectivity index (χ3n) is 6.78. The van der Waals surface area contributed by atoms with Crippen LogP contribution in [0.4, 0.5) is 0 Å². The summed E-state index contributed by atoms with van der Waals surface area (Å²) in [7, 11) is 3.14. The van der Waals surface area contributed by atoms with Crippen LogP contribution in [0.15, 0.2) is 88.3 Å². The van der Waals surface area contributed by atoms with Gasteiger partial charge in [-0.1, -0.05) is 60.4 Å². The van der Waals surface area contributed by atoms with Gasteiger partial charge in [0.25, 0.3) is 5.56 Å². The molecular weight excluding hydrogens is 540 g/mol. The van der Waals surface area contributed by atoms with Crippen LogP contribution in [0.1, 0.15) is 31.0 Å². The molecule has 41 heavy (non-hydrogen) atoms. The number of allylic oxidation sites excluding steroid dienone is 1. The molecule has 4 aromatic rings. The van der Waals surface area contributed by atoms with Crippen molar-refractivity contribution >= 4 is 34.2 Å². The minimum Gasteiger partial charge on any atom is -0.496 e. The summed E-state index contributed by atoms with van der Waals surface area (Å²) in [6.07, 6.45) is 3.44. The minimum absolute atomic E-state index is 0.188. The number of hydrogen-bond acceptors (Lipinski definition) is 8. The minimum atomic E-state index is -0.808. The Morgan fingerprint density at radius 1 is 1.07 bits per heavy atom. The third-order valence-corrected chi connectivity index (χ3v) is 7.77. The van der Waals surface area contributed by atoms with Crippen LogP contribution < -0.4 is 29.1 Å². The Labute approximate surface area is 241 Å². The van der Waals surface area contributed by atoms with Crippen molar-refractivity contribution in [3.8, 4) is 17.2 Å². The molecule has 0 spiro atoms. The molecule has 3 aromatic carbocycles. The fraction of sp³-hybridized carbons (Fsp3) is 0.219. The van der Waals surface area contributed by atoms with E-state index in [0.29, 0.717) is 50.0 Å². The lowest BCUT2D eigenvalue weighted by molar-refractivity contribution is -0.139. The van der Waals surface area contributed by atoms with Gasteiger partial charge in [-0.2, -0.15) is 0 Å². The maximum absolute atomic E-state index is 14.1. The first kappa shape index (κ1) is 27.9. The first-order valence-corrected chi connectivity index (χ1v) is 13.9. The molecule has 0 saturated carbocycles. The summed E-state index contributed by atoms with van der Waals surface area (Å²) in [6, 6.07) is 16.3. The zero-order chi connectivity index (χ0) is 29.1. The average Bonchev–Trinajstić information content (AvgIpc) is 3.28. The largest absolute Gasteiger partial charge is 0.496 e. The highest BCUT2D eigenvalue weighted by atomic mass is 32.1. The van der Waals surface area contributed by atoms with Gasteiger partial charge in [0, 0.05) is 5.56 Å². The second-order valence-electron chi connectivity index (χ2n) is 9.21. The number of ether oxygens (including phenoxy) is 4. The Morgan fingerprint density at radius 3 is 2.56 bits per heavy atom. The smallest absolute Gasteiger partial charge is 0.338 e. The molecule has 210 valence electrons. The molecule has 0 bridgehead atoms. The third kappa shape index (κ3) is 5.16. The molecule has 0 fully saturated rings. The van der Waals surface area contributed by atoms with Gasteiger partial charge >= 0.3 is 5.97 Å². The van der Waals surface area contributed by atoms with Crippen LogP contribution in [0.3, 0.4) is 0 Å². The van der Waals surface area contributed by atoms with E-state index in [1.165, 1.54) is 11.3 Å². The molecule has 0 amide bonds. The maximum Gasteiger partial charge on any atom is 0.338 e. The molecule has 1 aromatic heterocycles. The van der Waals surface area contributed by atoms with Gasteiger partial charge in [0.1, 0.15) is 18.4 Å². The van der Waals surface area contributed by atoms with E-state index in [-0.39, 0.29) is 12.2 Å². The zero-order valence-electron chi connectivity index (χ0n) is 23.3. The lowest BCUT2D eigenvalue weighted by atomic mass is 9.90. The van der Waals surface area contributed by atoms with Crippen molar-refractivity contribution in [1.29, 1.82) is 0 Å². The summed E-state index contributed by atoms with van der Waals surface area (Å²) < 4.78 is 24.4. The highest BCUT2D eigenvalue weighted by Crippen LogP contribution is 2.40. The van der Waals surface area contributed by atoms with E-state index >= 15 is 0 Å². The van der Waals surface area contributed by atoms with Crippen LogP contribution in [0.5, 0.6) is 17.2 Å².